The molecule has 1 aliphatic rings. The Bertz CT molecular complexity index is 567. The lowest BCUT2D eigenvalue weighted by molar-refractivity contribution is 0.502. The predicted octanol–water partition coefficient (Wildman–Crippen LogP) is 4.59. The van der Waals surface area contributed by atoms with E-state index in [4.69, 9.17) is 0 Å². The highest BCUT2D eigenvalue weighted by molar-refractivity contribution is 9.11. The number of hydrogen-bond acceptors (Lipinski definition) is 3. The number of rotatable bonds is 4. The van der Waals surface area contributed by atoms with Gasteiger partial charge < -0.3 is 10.6 Å². The normalized spacial score (nSPS) is 18.1. The molecular formula is C16H19BrN2S. The Morgan fingerprint density at radius 3 is 3.00 bits per heavy atom. The van der Waals surface area contributed by atoms with Crippen LogP contribution in [0.3, 0.4) is 0 Å². The van der Waals surface area contributed by atoms with Crippen molar-refractivity contribution in [2.75, 3.05) is 18.4 Å². The summed E-state index contributed by atoms with van der Waals surface area (Å²) in [4.78, 5) is 1.43. The molecule has 0 radical (unpaired) electrons. The van der Waals surface area contributed by atoms with E-state index in [1.807, 2.05) is 11.3 Å². The average molecular weight is 351 g/mol. The van der Waals surface area contributed by atoms with Crippen LogP contribution in [0.15, 0.2) is 40.2 Å². The van der Waals surface area contributed by atoms with Crippen LogP contribution in [0.4, 0.5) is 5.69 Å². The summed E-state index contributed by atoms with van der Waals surface area (Å²) in [5.41, 5.74) is 2.71. The van der Waals surface area contributed by atoms with Crippen molar-refractivity contribution in [2.45, 2.75) is 25.3 Å². The SMILES string of the molecule is Brc1ccc(CCNC2CCCNc3ccccc32)s1. The minimum atomic E-state index is 0.476. The highest BCUT2D eigenvalue weighted by atomic mass is 79.9. The summed E-state index contributed by atoms with van der Waals surface area (Å²) < 4.78 is 1.22. The van der Waals surface area contributed by atoms with Gasteiger partial charge in [0.2, 0.25) is 0 Å². The van der Waals surface area contributed by atoms with Gasteiger partial charge in [-0.15, -0.1) is 11.3 Å². The first-order valence-corrected chi connectivity index (χ1v) is 8.74. The van der Waals surface area contributed by atoms with E-state index in [-0.39, 0.29) is 0 Å². The van der Waals surface area contributed by atoms with E-state index >= 15 is 0 Å². The van der Waals surface area contributed by atoms with Gasteiger partial charge in [-0.2, -0.15) is 0 Å². The second-order valence-corrected chi connectivity index (χ2v) is 7.67. The molecular weight excluding hydrogens is 332 g/mol. The van der Waals surface area contributed by atoms with Gasteiger partial charge in [-0.05, 0) is 59.0 Å². The fraction of sp³-hybridized carbons (Fsp3) is 0.375. The predicted molar refractivity (Wildman–Crippen MR) is 90.6 cm³/mol. The topological polar surface area (TPSA) is 24.1 Å². The Morgan fingerprint density at radius 2 is 2.15 bits per heavy atom. The first-order chi connectivity index (χ1) is 9.83. The minimum absolute atomic E-state index is 0.476. The summed E-state index contributed by atoms with van der Waals surface area (Å²) in [5.74, 6) is 0. The Labute approximate surface area is 132 Å². The second kappa shape index (κ2) is 6.74. The molecule has 1 unspecified atom stereocenters. The van der Waals surface area contributed by atoms with E-state index in [0.29, 0.717) is 6.04 Å². The second-order valence-electron chi connectivity index (χ2n) is 5.12. The van der Waals surface area contributed by atoms with Crippen LogP contribution in [-0.4, -0.2) is 13.1 Å². The monoisotopic (exact) mass is 350 g/mol. The fourth-order valence-electron chi connectivity index (χ4n) is 2.71. The van der Waals surface area contributed by atoms with Gasteiger partial charge in [-0.25, -0.2) is 0 Å². The van der Waals surface area contributed by atoms with Crippen LogP contribution in [0.5, 0.6) is 0 Å². The summed E-state index contributed by atoms with van der Waals surface area (Å²) in [6.07, 6.45) is 3.53. The fourth-order valence-corrected chi connectivity index (χ4v) is 4.20. The summed E-state index contributed by atoms with van der Waals surface area (Å²) >= 11 is 5.35. The highest BCUT2D eigenvalue weighted by Gasteiger charge is 2.17. The van der Waals surface area contributed by atoms with Gasteiger partial charge in [0.1, 0.15) is 0 Å². The van der Waals surface area contributed by atoms with Crippen molar-refractivity contribution >= 4 is 33.0 Å². The Hall–Kier alpha value is -0.840. The lowest BCUT2D eigenvalue weighted by Crippen LogP contribution is -2.23. The average Bonchev–Trinajstić information content (AvgIpc) is 2.76. The third-order valence-electron chi connectivity index (χ3n) is 3.71. The molecule has 0 aliphatic carbocycles. The van der Waals surface area contributed by atoms with E-state index in [1.165, 1.54) is 32.8 Å². The van der Waals surface area contributed by atoms with Gasteiger partial charge in [-0.3, -0.25) is 0 Å². The van der Waals surface area contributed by atoms with Crippen LogP contribution in [0.25, 0.3) is 0 Å². The highest BCUT2D eigenvalue weighted by Crippen LogP contribution is 2.29. The van der Waals surface area contributed by atoms with Crippen molar-refractivity contribution in [1.82, 2.24) is 5.32 Å². The number of thiophene rings is 1. The third-order valence-corrected chi connectivity index (χ3v) is 5.40. The maximum atomic E-state index is 3.73. The largest absolute Gasteiger partial charge is 0.385 e. The van der Waals surface area contributed by atoms with Gasteiger partial charge in [0.15, 0.2) is 0 Å². The lowest BCUT2D eigenvalue weighted by atomic mass is 10.0. The molecule has 3 rings (SSSR count). The number of anilines is 1. The zero-order chi connectivity index (χ0) is 13.8. The van der Waals surface area contributed by atoms with E-state index in [9.17, 15) is 0 Å². The third kappa shape index (κ3) is 3.43. The molecule has 2 heterocycles. The molecule has 0 spiro atoms. The molecule has 1 aromatic carbocycles. The maximum absolute atomic E-state index is 3.73. The van der Waals surface area contributed by atoms with Crippen molar-refractivity contribution in [2.24, 2.45) is 0 Å². The summed E-state index contributed by atoms with van der Waals surface area (Å²) in [6, 6.07) is 13.5. The van der Waals surface area contributed by atoms with E-state index in [2.05, 4.69) is 63.0 Å². The molecule has 2 aromatic rings. The van der Waals surface area contributed by atoms with E-state index in [1.54, 1.807) is 0 Å². The van der Waals surface area contributed by atoms with Crippen LogP contribution < -0.4 is 10.6 Å². The molecule has 2 nitrogen and oxygen atoms in total. The minimum Gasteiger partial charge on any atom is -0.385 e. The first-order valence-electron chi connectivity index (χ1n) is 7.13. The Balaban J connectivity index is 1.62. The molecule has 2 N–H and O–H groups in total. The van der Waals surface area contributed by atoms with Crippen molar-refractivity contribution in [3.63, 3.8) is 0 Å². The number of para-hydroxylation sites is 1. The number of hydrogen-bond donors (Lipinski definition) is 2. The molecule has 1 aliphatic heterocycles. The molecule has 0 bridgehead atoms. The van der Waals surface area contributed by atoms with Gasteiger partial charge in [-0.1, -0.05) is 18.2 Å². The smallest absolute Gasteiger partial charge is 0.0701 e. The van der Waals surface area contributed by atoms with Crippen molar-refractivity contribution < 1.29 is 0 Å². The molecule has 20 heavy (non-hydrogen) atoms. The van der Waals surface area contributed by atoms with Crippen LogP contribution in [-0.2, 0) is 6.42 Å². The van der Waals surface area contributed by atoms with Crippen LogP contribution in [0, 0.1) is 0 Å². The van der Waals surface area contributed by atoms with Crippen LogP contribution in [0.1, 0.15) is 29.3 Å². The van der Waals surface area contributed by atoms with Gasteiger partial charge >= 0.3 is 0 Å². The van der Waals surface area contributed by atoms with Crippen molar-refractivity contribution in [1.29, 1.82) is 0 Å². The Morgan fingerprint density at radius 1 is 1.25 bits per heavy atom. The standard InChI is InChI=1S/C16H19BrN2S/c17-16-8-7-12(20-16)9-11-19-15-6-3-10-18-14-5-2-1-4-13(14)15/h1-2,4-5,7-8,15,18-19H,3,6,9-11H2. The number of benzene rings is 1. The van der Waals surface area contributed by atoms with Crippen molar-refractivity contribution in [3.8, 4) is 0 Å². The van der Waals surface area contributed by atoms with E-state index < -0.39 is 0 Å². The van der Waals surface area contributed by atoms with Crippen LogP contribution >= 0.6 is 27.3 Å². The van der Waals surface area contributed by atoms with Gasteiger partial charge in [0.25, 0.3) is 0 Å². The zero-order valence-electron chi connectivity index (χ0n) is 11.4. The number of nitrogens with one attached hydrogen (secondary N) is 2. The molecule has 106 valence electrons. The first kappa shape index (κ1) is 14.1. The number of fused-ring (bicyclic) bond motifs is 1. The maximum Gasteiger partial charge on any atom is 0.0701 e. The lowest BCUT2D eigenvalue weighted by Gasteiger charge is -2.18. The van der Waals surface area contributed by atoms with Crippen LogP contribution in [0.2, 0.25) is 0 Å². The molecule has 0 saturated carbocycles. The van der Waals surface area contributed by atoms with E-state index in [0.717, 1.165) is 19.5 Å². The van der Waals surface area contributed by atoms with Gasteiger partial charge in [0, 0.05) is 29.7 Å². The molecule has 0 amide bonds. The summed E-state index contributed by atoms with van der Waals surface area (Å²) in [7, 11) is 0. The van der Waals surface area contributed by atoms with Gasteiger partial charge in [0.05, 0.1) is 3.79 Å². The molecule has 0 saturated heterocycles. The molecule has 4 heteroatoms. The summed E-state index contributed by atoms with van der Waals surface area (Å²) in [5, 5.41) is 7.25. The Kier molecular flexibility index (Phi) is 4.76. The zero-order valence-corrected chi connectivity index (χ0v) is 13.8. The molecule has 0 fully saturated rings. The summed E-state index contributed by atoms with van der Waals surface area (Å²) in [6.45, 7) is 2.11. The van der Waals surface area contributed by atoms with Crippen molar-refractivity contribution in [3.05, 3.63) is 50.6 Å². The molecule has 1 atom stereocenters. The number of halogens is 1. The molecule has 1 aromatic heterocycles. The quantitative estimate of drug-likeness (QED) is 0.842.